The summed E-state index contributed by atoms with van der Waals surface area (Å²) in [5.74, 6) is 0.790. The molecule has 3 aromatic rings. The van der Waals surface area contributed by atoms with E-state index in [1.807, 2.05) is 43.3 Å². The molecule has 0 unspecified atom stereocenters. The summed E-state index contributed by atoms with van der Waals surface area (Å²) in [6, 6.07) is 15.8. The minimum Gasteiger partial charge on any atom is -0.345 e. The van der Waals surface area contributed by atoms with Crippen LogP contribution in [0.5, 0.6) is 0 Å². The van der Waals surface area contributed by atoms with Crippen molar-refractivity contribution in [2.75, 3.05) is 0 Å². The molecule has 5 nitrogen and oxygen atoms in total. The minimum absolute atomic E-state index is 0.0115. The lowest BCUT2D eigenvalue weighted by Crippen LogP contribution is -2.48. The summed E-state index contributed by atoms with van der Waals surface area (Å²) < 4.78 is 0. The molecule has 0 radical (unpaired) electrons. The molecule has 0 fully saturated rings. The standard InChI is InChI=1S/C19H20N4O/c1-12(18-22-15-8-4-5-9-16(15)23-18)21-19(24)17-10-13-6-2-3-7-14(13)11-20-17/h2-9,12,17,20H,10-11H2,1H3,(H,21,24)(H,22,23)/t12-,17+/m1/s1. The third kappa shape index (κ3) is 2.78. The van der Waals surface area contributed by atoms with Gasteiger partial charge in [0.25, 0.3) is 0 Å². The lowest BCUT2D eigenvalue weighted by molar-refractivity contribution is -0.124. The molecule has 122 valence electrons. The molecular formula is C19H20N4O. The van der Waals surface area contributed by atoms with Gasteiger partial charge in [-0.2, -0.15) is 0 Å². The van der Waals surface area contributed by atoms with Crippen LogP contribution in [0, 0.1) is 0 Å². The number of carbonyl (C=O) groups is 1. The first-order valence-electron chi connectivity index (χ1n) is 8.26. The molecular weight excluding hydrogens is 300 g/mol. The van der Waals surface area contributed by atoms with Crippen molar-refractivity contribution in [2.24, 2.45) is 0 Å². The first kappa shape index (κ1) is 14.9. The molecule has 1 amide bonds. The first-order chi connectivity index (χ1) is 11.7. The van der Waals surface area contributed by atoms with Gasteiger partial charge in [0.2, 0.25) is 5.91 Å². The van der Waals surface area contributed by atoms with Crippen LogP contribution in [0.2, 0.25) is 0 Å². The number of hydrogen-bond acceptors (Lipinski definition) is 3. The summed E-state index contributed by atoms with van der Waals surface area (Å²) in [6.07, 6.45) is 0.717. The van der Waals surface area contributed by atoms with Gasteiger partial charge in [-0.25, -0.2) is 4.98 Å². The van der Waals surface area contributed by atoms with Crippen LogP contribution in [0.1, 0.15) is 29.9 Å². The third-order valence-electron chi connectivity index (χ3n) is 4.57. The fraction of sp³-hybridized carbons (Fsp3) is 0.263. The maximum atomic E-state index is 12.6. The molecule has 0 bridgehead atoms. The second kappa shape index (κ2) is 6.09. The first-order valence-corrected chi connectivity index (χ1v) is 8.26. The van der Waals surface area contributed by atoms with Crippen LogP contribution >= 0.6 is 0 Å². The summed E-state index contributed by atoms with van der Waals surface area (Å²) in [4.78, 5) is 20.4. The Labute approximate surface area is 140 Å². The summed E-state index contributed by atoms with van der Waals surface area (Å²) in [5, 5.41) is 6.38. The topological polar surface area (TPSA) is 69.8 Å². The molecule has 0 saturated carbocycles. The highest BCUT2D eigenvalue weighted by Crippen LogP contribution is 2.18. The molecule has 4 rings (SSSR count). The van der Waals surface area contributed by atoms with Gasteiger partial charge in [-0.3, -0.25) is 4.79 Å². The van der Waals surface area contributed by atoms with E-state index in [0.717, 1.165) is 29.8 Å². The van der Waals surface area contributed by atoms with Crippen LogP contribution in [-0.2, 0) is 17.8 Å². The zero-order chi connectivity index (χ0) is 16.5. The van der Waals surface area contributed by atoms with Crippen LogP contribution in [0.15, 0.2) is 48.5 Å². The fourth-order valence-corrected chi connectivity index (χ4v) is 3.20. The Morgan fingerprint density at radius 2 is 1.92 bits per heavy atom. The SMILES string of the molecule is C[C@@H](NC(=O)[C@@H]1Cc2ccccc2CN1)c1nc2ccccc2[nH]1. The number of para-hydroxylation sites is 2. The Hall–Kier alpha value is -2.66. The van der Waals surface area contributed by atoms with Gasteiger partial charge in [0, 0.05) is 6.54 Å². The molecule has 24 heavy (non-hydrogen) atoms. The second-order valence-electron chi connectivity index (χ2n) is 6.28. The molecule has 0 aliphatic carbocycles. The number of imidazole rings is 1. The predicted octanol–water partition coefficient (Wildman–Crippen LogP) is 2.45. The Kier molecular flexibility index (Phi) is 3.78. The van der Waals surface area contributed by atoms with Gasteiger partial charge in [-0.05, 0) is 36.6 Å². The number of fused-ring (bicyclic) bond motifs is 2. The third-order valence-corrected chi connectivity index (χ3v) is 4.57. The number of rotatable bonds is 3. The normalized spacial score (nSPS) is 18.1. The van der Waals surface area contributed by atoms with E-state index in [9.17, 15) is 4.79 Å². The fourth-order valence-electron chi connectivity index (χ4n) is 3.20. The molecule has 0 spiro atoms. The van der Waals surface area contributed by atoms with Crippen LogP contribution in [0.4, 0.5) is 0 Å². The summed E-state index contributed by atoms with van der Waals surface area (Å²) in [6.45, 7) is 2.68. The number of amides is 1. The Morgan fingerprint density at radius 1 is 1.17 bits per heavy atom. The lowest BCUT2D eigenvalue weighted by atomic mass is 9.95. The maximum absolute atomic E-state index is 12.6. The van der Waals surface area contributed by atoms with E-state index in [-0.39, 0.29) is 18.0 Å². The molecule has 2 atom stereocenters. The number of H-pyrrole nitrogens is 1. The molecule has 0 saturated heterocycles. The number of carbonyl (C=O) groups excluding carboxylic acids is 1. The smallest absolute Gasteiger partial charge is 0.238 e. The van der Waals surface area contributed by atoms with Gasteiger partial charge in [0.05, 0.1) is 23.1 Å². The molecule has 2 heterocycles. The van der Waals surface area contributed by atoms with Crippen LogP contribution in [-0.4, -0.2) is 21.9 Å². The molecule has 2 aromatic carbocycles. The van der Waals surface area contributed by atoms with E-state index in [1.54, 1.807) is 0 Å². The quantitative estimate of drug-likeness (QED) is 0.694. The molecule has 1 aliphatic heterocycles. The van der Waals surface area contributed by atoms with E-state index in [0.29, 0.717) is 0 Å². The second-order valence-corrected chi connectivity index (χ2v) is 6.28. The van der Waals surface area contributed by atoms with E-state index in [2.05, 4.69) is 32.7 Å². The Balaban J connectivity index is 1.46. The van der Waals surface area contributed by atoms with Gasteiger partial charge in [-0.15, -0.1) is 0 Å². The van der Waals surface area contributed by atoms with Crippen molar-refractivity contribution in [3.63, 3.8) is 0 Å². The van der Waals surface area contributed by atoms with Gasteiger partial charge >= 0.3 is 0 Å². The summed E-state index contributed by atoms with van der Waals surface area (Å²) in [7, 11) is 0. The monoisotopic (exact) mass is 320 g/mol. The highest BCUT2D eigenvalue weighted by atomic mass is 16.2. The van der Waals surface area contributed by atoms with E-state index in [4.69, 9.17) is 0 Å². The van der Waals surface area contributed by atoms with E-state index in [1.165, 1.54) is 11.1 Å². The van der Waals surface area contributed by atoms with Crippen LogP contribution < -0.4 is 10.6 Å². The number of aromatic amines is 1. The van der Waals surface area contributed by atoms with Crippen molar-refractivity contribution in [3.8, 4) is 0 Å². The zero-order valence-corrected chi connectivity index (χ0v) is 13.5. The Bertz CT molecular complexity index is 853. The van der Waals surface area contributed by atoms with Crippen LogP contribution in [0.3, 0.4) is 0 Å². The van der Waals surface area contributed by atoms with Gasteiger partial charge in [-0.1, -0.05) is 36.4 Å². The highest BCUT2D eigenvalue weighted by molar-refractivity contribution is 5.83. The van der Waals surface area contributed by atoms with Gasteiger partial charge < -0.3 is 15.6 Å². The maximum Gasteiger partial charge on any atom is 0.238 e. The van der Waals surface area contributed by atoms with Gasteiger partial charge in [0.15, 0.2) is 0 Å². The highest BCUT2D eigenvalue weighted by Gasteiger charge is 2.25. The van der Waals surface area contributed by atoms with Gasteiger partial charge in [0.1, 0.15) is 5.82 Å². The molecule has 3 N–H and O–H groups in total. The molecule has 1 aromatic heterocycles. The summed E-state index contributed by atoms with van der Waals surface area (Å²) >= 11 is 0. The Morgan fingerprint density at radius 3 is 2.75 bits per heavy atom. The average Bonchev–Trinajstić information content (AvgIpc) is 3.05. The number of hydrogen-bond donors (Lipinski definition) is 3. The number of nitrogens with zero attached hydrogens (tertiary/aromatic N) is 1. The average molecular weight is 320 g/mol. The lowest BCUT2D eigenvalue weighted by Gasteiger charge is -2.26. The summed E-state index contributed by atoms with van der Waals surface area (Å²) in [5.41, 5.74) is 4.41. The van der Waals surface area contributed by atoms with Crippen molar-refractivity contribution in [1.82, 2.24) is 20.6 Å². The number of aromatic nitrogens is 2. The number of nitrogens with one attached hydrogen (secondary N) is 3. The van der Waals surface area contributed by atoms with Crippen LogP contribution in [0.25, 0.3) is 11.0 Å². The van der Waals surface area contributed by atoms with Crippen molar-refractivity contribution < 1.29 is 4.79 Å². The molecule has 5 heteroatoms. The van der Waals surface area contributed by atoms with Crippen molar-refractivity contribution in [3.05, 3.63) is 65.5 Å². The van der Waals surface area contributed by atoms with E-state index < -0.39 is 0 Å². The largest absolute Gasteiger partial charge is 0.345 e. The minimum atomic E-state index is -0.202. The van der Waals surface area contributed by atoms with Crippen molar-refractivity contribution in [1.29, 1.82) is 0 Å². The zero-order valence-electron chi connectivity index (χ0n) is 13.5. The molecule has 1 aliphatic rings. The van der Waals surface area contributed by atoms with E-state index >= 15 is 0 Å². The predicted molar refractivity (Wildman–Crippen MR) is 93.4 cm³/mol. The van der Waals surface area contributed by atoms with Crippen molar-refractivity contribution >= 4 is 16.9 Å². The number of benzene rings is 2. The van der Waals surface area contributed by atoms with Crippen molar-refractivity contribution in [2.45, 2.75) is 32.0 Å².